The minimum atomic E-state index is -0.356. The number of carbonyl (C=O) groups is 1. The van der Waals surface area contributed by atoms with Crippen molar-refractivity contribution >= 4 is 23.0 Å². The Hall–Kier alpha value is -2.47. The molecule has 148 valence electrons. The zero-order valence-corrected chi connectivity index (χ0v) is 16.1. The van der Waals surface area contributed by atoms with Gasteiger partial charge in [0.15, 0.2) is 0 Å². The summed E-state index contributed by atoms with van der Waals surface area (Å²) in [5, 5.41) is 0. The number of hydrogen-bond acceptors (Lipinski definition) is 3. The van der Waals surface area contributed by atoms with Gasteiger partial charge >= 0.3 is 0 Å². The Balaban J connectivity index is 1.55. The van der Waals surface area contributed by atoms with Gasteiger partial charge in [0, 0.05) is 37.8 Å². The van der Waals surface area contributed by atoms with Crippen LogP contribution in [0.5, 0.6) is 0 Å². The first kappa shape index (κ1) is 18.9. The van der Waals surface area contributed by atoms with Gasteiger partial charge in [-0.05, 0) is 68.8 Å². The number of fused-ring (bicyclic) bond motifs is 1. The molecule has 1 atom stereocenters. The van der Waals surface area contributed by atoms with Crippen molar-refractivity contribution in [3.05, 3.63) is 54.1 Å². The number of nitrogens with zero attached hydrogens (tertiary/aromatic N) is 3. The highest BCUT2D eigenvalue weighted by Gasteiger charge is 2.29. The van der Waals surface area contributed by atoms with E-state index in [4.69, 9.17) is 0 Å². The fourth-order valence-corrected chi connectivity index (χ4v) is 4.23. The first-order chi connectivity index (χ1) is 13.5. The van der Waals surface area contributed by atoms with Crippen LogP contribution in [0, 0.1) is 11.6 Å². The molecule has 28 heavy (non-hydrogen) atoms. The maximum Gasteiger partial charge on any atom is 0.228 e. The van der Waals surface area contributed by atoms with Crippen LogP contribution in [-0.4, -0.2) is 43.0 Å². The molecule has 2 aliphatic rings. The largest absolute Gasteiger partial charge is 0.338 e. The summed E-state index contributed by atoms with van der Waals surface area (Å²) < 4.78 is 27.3. The van der Waals surface area contributed by atoms with Crippen LogP contribution in [0.15, 0.2) is 42.5 Å². The van der Waals surface area contributed by atoms with Gasteiger partial charge in [-0.1, -0.05) is 0 Å². The zero-order chi connectivity index (χ0) is 19.7. The van der Waals surface area contributed by atoms with E-state index in [0.29, 0.717) is 36.9 Å². The van der Waals surface area contributed by atoms with Gasteiger partial charge in [0.2, 0.25) is 5.91 Å². The second-order valence-electron chi connectivity index (χ2n) is 7.58. The summed E-state index contributed by atoms with van der Waals surface area (Å²) in [7, 11) is 0. The van der Waals surface area contributed by atoms with Crippen molar-refractivity contribution in [2.75, 3.05) is 36.0 Å². The SMILES string of the molecule is CC1CCCN1CCC(=O)N1CCN(c2ccc(F)cc2)c2cc(F)ccc21. The quantitative estimate of drug-likeness (QED) is 0.784. The fraction of sp³-hybridized carbons (Fsp3) is 0.409. The van der Waals surface area contributed by atoms with Crippen molar-refractivity contribution in [2.45, 2.75) is 32.2 Å². The Morgan fingerprint density at radius 3 is 2.46 bits per heavy atom. The molecular formula is C22H25F2N3O. The van der Waals surface area contributed by atoms with Crippen molar-refractivity contribution in [1.29, 1.82) is 0 Å². The maximum absolute atomic E-state index is 14.0. The summed E-state index contributed by atoms with van der Waals surface area (Å²) in [6, 6.07) is 11.2. The molecule has 0 saturated carbocycles. The molecule has 0 radical (unpaired) electrons. The highest BCUT2D eigenvalue weighted by molar-refractivity contribution is 5.99. The third-order valence-corrected chi connectivity index (χ3v) is 5.81. The lowest BCUT2D eigenvalue weighted by molar-refractivity contribution is -0.119. The van der Waals surface area contributed by atoms with Gasteiger partial charge in [-0.3, -0.25) is 4.79 Å². The van der Waals surface area contributed by atoms with Crippen LogP contribution < -0.4 is 9.80 Å². The lowest BCUT2D eigenvalue weighted by Crippen LogP contribution is -2.43. The average molecular weight is 385 g/mol. The van der Waals surface area contributed by atoms with Crippen LogP contribution >= 0.6 is 0 Å². The number of carbonyl (C=O) groups excluding carboxylic acids is 1. The number of hydrogen-bond donors (Lipinski definition) is 0. The molecule has 0 bridgehead atoms. The van der Waals surface area contributed by atoms with E-state index in [9.17, 15) is 13.6 Å². The monoisotopic (exact) mass is 385 g/mol. The molecule has 2 aliphatic heterocycles. The van der Waals surface area contributed by atoms with Gasteiger partial charge in [-0.25, -0.2) is 8.78 Å². The van der Waals surface area contributed by atoms with Crippen LogP contribution in [0.1, 0.15) is 26.2 Å². The van der Waals surface area contributed by atoms with Crippen LogP contribution in [0.2, 0.25) is 0 Å². The molecule has 0 N–H and O–H groups in total. The third-order valence-electron chi connectivity index (χ3n) is 5.81. The van der Waals surface area contributed by atoms with E-state index in [1.807, 2.05) is 4.90 Å². The topological polar surface area (TPSA) is 26.8 Å². The first-order valence-electron chi connectivity index (χ1n) is 9.90. The standard InChI is InChI=1S/C22H25F2N3O/c1-16-3-2-11-25(16)12-10-22(28)27-14-13-26(19-7-4-17(23)5-8-19)21-15-18(24)6-9-20(21)27/h4-9,15-16H,2-3,10-14H2,1H3. The van der Waals surface area contributed by atoms with Gasteiger partial charge < -0.3 is 14.7 Å². The molecule has 2 aromatic carbocycles. The zero-order valence-electron chi connectivity index (χ0n) is 16.1. The summed E-state index contributed by atoms with van der Waals surface area (Å²) in [5.74, 6) is -0.607. The molecule has 1 fully saturated rings. The van der Waals surface area contributed by atoms with E-state index in [0.717, 1.165) is 18.8 Å². The van der Waals surface area contributed by atoms with Crippen molar-refractivity contribution in [1.82, 2.24) is 4.90 Å². The fourth-order valence-electron chi connectivity index (χ4n) is 4.23. The Bertz CT molecular complexity index is 855. The normalized spacial score (nSPS) is 19.8. The smallest absolute Gasteiger partial charge is 0.228 e. The molecule has 1 unspecified atom stereocenters. The highest BCUT2D eigenvalue weighted by Crippen LogP contribution is 2.38. The molecule has 0 spiro atoms. The Kier molecular flexibility index (Phi) is 5.31. The summed E-state index contributed by atoms with van der Waals surface area (Å²) in [6.07, 6.45) is 2.83. The Morgan fingerprint density at radius 2 is 1.75 bits per heavy atom. The molecule has 4 nitrogen and oxygen atoms in total. The summed E-state index contributed by atoms with van der Waals surface area (Å²) >= 11 is 0. The van der Waals surface area contributed by atoms with Crippen LogP contribution in [0.25, 0.3) is 0 Å². The molecule has 0 aromatic heterocycles. The number of anilines is 3. The number of likely N-dealkylation sites (tertiary alicyclic amines) is 1. The van der Waals surface area contributed by atoms with Gasteiger partial charge in [0.05, 0.1) is 11.4 Å². The molecule has 2 heterocycles. The number of rotatable bonds is 4. The van der Waals surface area contributed by atoms with Crippen LogP contribution in [0.4, 0.5) is 25.8 Å². The molecular weight excluding hydrogens is 360 g/mol. The highest BCUT2D eigenvalue weighted by atomic mass is 19.1. The van der Waals surface area contributed by atoms with E-state index in [-0.39, 0.29) is 17.5 Å². The second kappa shape index (κ2) is 7.87. The second-order valence-corrected chi connectivity index (χ2v) is 7.58. The third kappa shape index (κ3) is 3.74. The van der Waals surface area contributed by atoms with Crippen molar-refractivity contribution in [3.63, 3.8) is 0 Å². The molecule has 6 heteroatoms. The van der Waals surface area contributed by atoms with Gasteiger partial charge in [0.25, 0.3) is 0 Å². The van der Waals surface area contributed by atoms with Crippen molar-refractivity contribution < 1.29 is 13.6 Å². The number of benzene rings is 2. The molecule has 0 aliphatic carbocycles. The van der Waals surface area contributed by atoms with E-state index in [2.05, 4.69) is 11.8 Å². The lowest BCUT2D eigenvalue weighted by atomic mass is 10.1. The maximum atomic E-state index is 14.0. The average Bonchev–Trinajstić information content (AvgIpc) is 3.10. The molecule has 1 amide bonds. The van der Waals surface area contributed by atoms with Crippen molar-refractivity contribution in [2.24, 2.45) is 0 Å². The van der Waals surface area contributed by atoms with E-state index >= 15 is 0 Å². The molecule has 1 saturated heterocycles. The summed E-state index contributed by atoms with van der Waals surface area (Å²) in [6.45, 7) is 5.07. The minimum Gasteiger partial charge on any atom is -0.338 e. The predicted molar refractivity (Wildman–Crippen MR) is 107 cm³/mol. The number of halogens is 2. The number of amides is 1. The van der Waals surface area contributed by atoms with Gasteiger partial charge in [-0.2, -0.15) is 0 Å². The summed E-state index contributed by atoms with van der Waals surface area (Å²) in [4.78, 5) is 19.0. The van der Waals surface area contributed by atoms with Crippen molar-refractivity contribution in [3.8, 4) is 0 Å². The van der Waals surface area contributed by atoms with E-state index < -0.39 is 0 Å². The van der Waals surface area contributed by atoms with Gasteiger partial charge in [0.1, 0.15) is 11.6 Å². The van der Waals surface area contributed by atoms with Gasteiger partial charge in [-0.15, -0.1) is 0 Å². The minimum absolute atomic E-state index is 0.0608. The molecule has 4 rings (SSSR count). The van der Waals surface area contributed by atoms with E-state index in [1.54, 1.807) is 23.1 Å². The van der Waals surface area contributed by atoms with Crippen LogP contribution in [0.3, 0.4) is 0 Å². The van der Waals surface area contributed by atoms with Crippen LogP contribution in [-0.2, 0) is 4.79 Å². The predicted octanol–water partition coefficient (Wildman–Crippen LogP) is 4.32. The first-order valence-corrected chi connectivity index (χ1v) is 9.90. The molecule has 2 aromatic rings. The Labute approximate surface area is 164 Å². The lowest BCUT2D eigenvalue weighted by Gasteiger charge is -2.38. The van der Waals surface area contributed by atoms with E-state index in [1.165, 1.54) is 37.1 Å². The summed E-state index contributed by atoms with van der Waals surface area (Å²) in [5.41, 5.74) is 2.13. The Morgan fingerprint density at radius 1 is 1.00 bits per heavy atom.